The van der Waals surface area contributed by atoms with Crippen LogP contribution >= 0.6 is 0 Å². The van der Waals surface area contributed by atoms with Gasteiger partial charge in [0.15, 0.2) is 5.78 Å². The molecule has 3 atom stereocenters. The lowest BCUT2D eigenvalue weighted by Crippen LogP contribution is -2.58. The fourth-order valence-corrected chi connectivity index (χ4v) is 6.48. The molecule has 1 aromatic carbocycles. The predicted octanol–water partition coefficient (Wildman–Crippen LogP) is 4.01. The molecule has 2 unspecified atom stereocenters. The minimum atomic E-state index is -0.573. The highest BCUT2D eigenvalue weighted by atomic mass is 16.2. The van der Waals surface area contributed by atoms with Crippen LogP contribution in [-0.2, 0) is 22.4 Å². The molecule has 0 bridgehead atoms. The van der Waals surface area contributed by atoms with Gasteiger partial charge in [-0.2, -0.15) is 0 Å². The zero-order valence-corrected chi connectivity index (χ0v) is 20.4. The van der Waals surface area contributed by atoms with Crippen LogP contribution in [0.25, 0.3) is 0 Å². The van der Waals surface area contributed by atoms with Crippen molar-refractivity contribution in [2.45, 2.75) is 95.7 Å². The number of fused-ring (bicyclic) bond motifs is 1. The second-order valence-corrected chi connectivity index (χ2v) is 11.1. The molecule has 184 valence electrons. The maximum absolute atomic E-state index is 13.7. The molecule has 1 saturated heterocycles. The molecule has 2 saturated carbocycles. The molecular formula is C28H39N3O3. The first kappa shape index (κ1) is 23.4. The van der Waals surface area contributed by atoms with Gasteiger partial charge >= 0.3 is 6.03 Å². The van der Waals surface area contributed by atoms with Gasteiger partial charge in [-0.05, 0) is 81.3 Å². The number of Topliss-reactive ketones (excluding diaryl/α,β-unsaturated/α-hetero) is 1. The van der Waals surface area contributed by atoms with Crippen molar-refractivity contribution in [3.63, 3.8) is 0 Å². The first-order chi connectivity index (χ1) is 16.5. The number of nitrogens with one attached hydrogen (secondary N) is 2. The summed E-state index contributed by atoms with van der Waals surface area (Å²) in [5, 5.41) is 6.15. The molecule has 0 radical (unpaired) electrons. The summed E-state index contributed by atoms with van der Waals surface area (Å²) in [6.45, 7) is 2.85. The van der Waals surface area contributed by atoms with E-state index < -0.39 is 12.1 Å². The van der Waals surface area contributed by atoms with Gasteiger partial charge in [-0.3, -0.25) is 9.59 Å². The number of urea groups is 1. The van der Waals surface area contributed by atoms with Crippen molar-refractivity contribution >= 4 is 17.7 Å². The molecule has 1 aromatic rings. The third-order valence-electron chi connectivity index (χ3n) is 8.64. The van der Waals surface area contributed by atoms with E-state index in [1.807, 2.05) is 17.0 Å². The Morgan fingerprint density at radius 1 is 0.824 bits per heavy atom. The van der Waals surface area contributed by atoms with E-state index in [0.29, 0.717) is 0 Å². The molecule has 1 heterocycles. The molecule has 6 nitrogen and oxygen atoms in total. The number of rotatable bonds is 7. The summed E-state index contributed by atoms with van der Waals surface area (Å²) in [4.78, 5) is 42.1. The Morgan fingerprint density at radius 3 is 2.06 bits per heavy atom. The van der Waals surface area contributed by atoms with Crippen LogP contribution in [0.15, 0.2) is 24.3 Å². The van der Waals surface area contributed by atoms with Crippen LogP contribution < -0.4 is 10.6 Å². The number of ketones is 1. The van der Waals surface area contributed by atoms with Crippen molar-refractivity contribution < 1.29 is 14.4 Å². The molecule has 6 heteroatoms. The molecule has 3 amide bonds. The Labute approximate surface area is 203 Å². The Morgan fingerprint density at radius 2 is 1.47 bits per heavy atom. The quantitative estimate of drug-likeness (QED) is 0.639. The van der Waals surface area contributed by atoms with Gasteiger partial charge in [-0.25, -0.2) is 4.79 Å². The molecule has 4 aliphatic rings. The fraction of sp³-hybridized carbons (Fsp3) is 0.679. The highest BCUT2D eigenvalue weighted by Crippen LogP contribution is 2.36. The van der Waals surface area contributed by atoms with E-state index in [-0.39, 0.29) is 41.5 Å². The van der Waals surface area contributed by atoms with Crippen molar-refractivity contribution in [3.05, 3.63) is 35.4 Å². The number of nitrogens with zero attached hydrogens (tertiary/aromatic N) is 1. The zero-order valence-electron chi connectivity index (χ0n) is 20.4. The maximum atomic E-state index is 13.7. The SMILES string of the molecule is C[C@@H]1CCCN1C(=O)C(NC(=O)NC(C(=O)C1CC1)C1CCCCC1)C1Cc2ccccc2C1. The molecule has 0 aromatic heterocycles. The minimum Gasteiger partial charge on any atom is -0.338 e. The lowest BCUT2D eigenvalue weighted by atomic mass is 9.81. The van der Waals surface area contributed by atoms with E-state index in [0.717, 1.165) is 70.8 Å². The van der Waals surface area contributed by atoms with E-state index >= 15 is 0 Å². The molecule has 34 heavy (non-hydrogen) atoms. The van der Waals surface area contributed by atoms with E-state index in [1.54, 1.807) is 0 Å². The van der Waals surface area contributed by atoms with Crippen molar-refractivity contribution in [1.29, 1.82) is 0 Å². The largest absolute Gasteiger partial charge is 0.338 e. The van der Waals surface area contributed by atoms with Crippen molar-refractivity contribution in [2.75, 3.05) is 6.54 Å². The highest BCUT2D eigenvalue weighted by Gasteiger charge is 2.42. The van der Waals surface area contributed by atoms with Gasteiger partial charge < -0.3 is 15.5 Å². The van der Waals surface area contributed by atoms with Crippen molar-refractivity contribution in [2.24, 2.45) is 17.8 Å². The second kappa shape index (κ2) is 10.1. The highest BCUT2D eigenvalue weighted by molar-refractivity contribution is 5.93. The summed E-state index contributed by atoms with van der Waals surface area (Å²) in [5.41, 5.74) is 2.54. The van der Waals surface area contributed by atoms with Crippen LogP contribution in [0, 0.1) is 17.8 Å². The lowest BCUT2D eigenvalue weighted by molar-refractivity contribution is -0.135. The number of carbonyl (C=O) groups is 3. The number of hydrogen-bond donors (Lipinski definition) is 2. The van der Waals surface area contributed by atoms with Crippen LogP contribution in [0.2, 0.25) is 0 Å². The summed E-state index contributed by atoms with van der Waals surface area (Å²) in [6.07, 6.45) is 10.9. The summed E-state index contributed by atoms with van der Waals surface area (Å²) in [7, 11) is 0. The Bertz CT molecular complexity index is 896. The topological polar surface area (TPSA) is 78.5 Å². The van der Waals surface area contributed by atoms with Crippen molar-refractivity contribution in [3.8, 4) is 0 Å². The monoisotopic (exact) mass is 465 g/mol. The lowest BCUT2D eigenvalue weighted by Gasteiger charge is -2.33. The number of likely N-dealkylation sites (tertiary alicyclic amines) is 1. The molecule has 1 aliphatic heterocycles. The van der Waals surface area contributed by atoms with E-state index in [9.17, 15) is 14.4 Å². The van der Waals surface area contributed by atoms with E-state index in [1.165, 1.54) is 17.5 Å². The van der Waals surface area contributed by atoms with E-state index in [4.69, 9.17) is 0 Å². The average Bonchev–Trinajstić information content (AvgIpc) is 3.47. The summed E-state index contributed by atoms with van der Waals surface area (Å²) in [5.74, 6) is 0.596. The van der Waals surface area contributed by atoms with Gasteiger partial charge in [0.2, 0.25) is 5.91 Å². The fourth-order valence-electron chi connectivity index (χ4n) is 6.48. The number of hydrogen-bond acceptors (Lipinski definition) is 3. The van der Waals surface area contributed by atoms with Gasteiger partial charge in [0.25, 0.3) is 0 Å². The summed E-state index contributed by atoms with van der Waals surface area (Å²) >= 11 is 0. The Hall–Kier alpha value is -2.37. The second-order valence-electron chi connectivity index (χ2n) is 11.1. The minimum absolute atomic E-state index is 0.0284. The van der Waals surface area contributed by atoms with Gasteiger partial charge in [-0.1, -0.05) is 43.5 Å². The first-order valence-electron chi connectivity index (χ1n) is 13.5. The molecule has 5 rings (SSSR count). The van der Waals surface area contributed by atoms with Gasteiger partial charge in [0, 0.05) is 18.5 Å². The molecular weight excluding hydrogens is 426 g/mol. The normalized spacial score (nSPS) is 25.0. The Balaban J connectivity index is 1.32. The van der Waals surface area contributed by atoms with Crippen LogP contribution in [0.4, 0.5) is 4.79 Å². The average molecular weight is 466 g/mol. The number of carbonyl (C=O) groups excluding carboxylic acids is 3. The third kappa shape index (κ3) is 5.01. The van der Waals surface area contributed by atoms with Gasteiger partial charge in [0.1, 0.15) is 6.04 Å². The maximum Gasteiger partial charge on any atom is 0.316 e. The third-order valence-corrected chi connectivity index (χ3v) is 8.64. The summed E-state index contributed by atoms with van der Waals surface area (Å²) < 4.78 is 0. The molecule has 0 spiro atoms. The number of benzene rings is 1. The molecule has 3 aliphatic carbocycles. The molecule has 3 fully saturated rings. The number of amides is 3. The van der Waals surface area contributed by atoms with Crippen LogP contribution in [-0.4, -0.2) is 47.3 Å². The standard InChI is InChI=1S/C28H39N3O3/c1-18-8-7-15-31(18)27(33)25(23-16-21-11-5-6-12-22(21)17-23)30-28(34)29-24(26(32)20-13-14-20)19-9-3-2-4-10-19/h5-6,11-12,18-20,23-25H,2-4,7-10,13-17H2,1H3,(H2,29,30,34)/t18-,24?,25?/m1/s1. The van der Waals surface area contributed by atoms with Crippen LogP contribution in [0.3, 0.4) is 0 Å². The first-order valence-corrected chi connectivity index (χ1v) is 13.5. The van der Waals surface area contributed by atoms with Crippen LogP contribution in [0.5, 0.6) is 0 Å². The smallest absolute Gasteiger partial charge is 0.316 e. The van der Waals surface area contributed by atoms with Crippen LogP contribution in [0.1, 0.15) is 75.8 Å². The predicted molar refractivity (Wildman–Crippen MR) is 131 cm³/mol. The zero-order chi connectivity index (χ0) is 23.7. The summed E-state index contributed by atoms with van der Waals surface area (Å²) in [6, 6.07) is 7.19. The molecule has 2 N–H and O–H groups in total. The Kier molecular flexibility index (Phi) is 6.94. The van der Waals surface area contributed by atoms with Gasteiger partial charge in [-0.15, -0.1) is 0 Å². The van der Waals surface area contributed by atoms with Crippen molar-refractivity contribution in [1.82, 2.24) is 15.5 Å². The van der Waals surface area contributed by atoms with Gasteiger partial charge in [0.05, 0.1) is 6.04 Å². The van der Waals surface area contributed by atoms with E-state index in [2.05, 4.69) is 29.7 Å².